The molecule has 4 rings (SSSR count). The first-order chi connectivity index (χ1) is 12.6. The molecule has 0 amide bonds. The molecule has 4 aromatic rings. The Bertz CT molecular complexity index is 1200. The number of benzene rings is 2. The topological polar surface area (TPSA) is 108 Å². The molecule has 0 unspecified atom stereocenters. The number of anilines is 1. The standard InChI is InChI=1S/C19H13N3O4/c20-18-17(21-7-8-22-18)19(24)25-10-12-9-15(23)26-14-6-5-11-3-1-2-4-13(11)16(12)14/h1-9H,10H2,(H2,20,22). The number of aromatic nitrogens is 2. The van der Waals surface area contributed by atoms with Gasteiger partial charge in [0.2, 0.25) is 0 Å². The van der Waals surface area contributed by atoms with E-state index in [0.29, 0.717) is 11.1 Å². The molecular weight excluding hydrogens is 334 g/mol. The van der Waals surface area contributed by atoms with Crippen molar-refractivity contribution in [2.24, 2.45) is 0 Å². The lowest BCUT2D eigenvalue weighted by Crippen LogP contribution is -2.12. The molecule has 0 saturated carbocycles. The predicted molar refractivity (Wildman–Crippen MR) is 95.6 cm³/mol. The number of nitrogens with two attached hydrogens (primary N) is 1. The Morgan fingerprint density at radius 2 is 1.92 bits per heavy atom. The van der Waals surface area contributed by atoms with Crippen LogP contribution in [0.15, 0.2) is 64.1 Å². The number of rotatable bonds is 3. The van der Waals surface area contributed by atoms with Gasteiger partial charge in [-0.15, -0.1) is 0 Å². The first-order valence-corrected chi connectivity index (χ1v) is 7.81. The highest BCUT2D eigenvalue weighted by Crippen LogP contribution is 2.27. The number of fused-ring (bicyclic) bond motifs is 3. The summed E-state index contributed by atoms with van der Waals surface area (Å²) in [4.78, 5) is 31.8. The third-order valence-corrected chi connectivity index (χ3v) is 3.99. The summed E-state index contributed by atoms with van der Waals surface area (Å²) in [7, 11) is 0. The highest BCUT2D eigenvalue weighted by atomic mass is 16.5. The molecule has 2 N–H and O–H groups in total. The van der Waals surface area contributed by atoms with Crippen LogP contribution in [0.4, 0.5) is 5.82 Å². The number of nitrogens with zero attached hydrogens (tertiary/aromatic N) is 2. The van der Waals surface area contributed by atoms with Crippen LogP contribution in [-0.2, 0) is 11.3 Å². The highest BCUT2D eigenvalue weighted by molar-refractivity contribution is 6.07. The predicted octanol–water partition coefficient (Wildman–Crippen LogP) is 2.68. The number of nitrogen functional groups attached to an aromatic ring is 1. The third kappa shape index (κ3) is 2.75. The van der Waals surface area contributed by atoms with Crippen molar-refractivity contribution in [1.82, 2.24) is 9.97 Å². The molecular formula is C19H13N3O4. The second-order valence-corrected chi connectivity index (χ2v) is 5.62. The molecule has 0 aliphatic heterocycles. The lowest BCUT2D eigenvalue weighted by molar-refractivity contribution is 0.0468. The molecule has 0 radical (unpaired) electrons. The maximum atomic E-state index is 12.2. The fraction of sp³-hybridized carbons (Fsp3) is 0.0526. The van der Waals surface area contributed by atoms with Crippen molar-refractivity contribution in [1.29, 1.82) is 0 Å². The molecule has 0 saturated heterocycles. The third-order valence-electron chi connectivity index (χ3n) is 3.99. The van der Waals surface area contributed by atoms with E-state index in [9.17, 15) is 9.59 Å². The first kappa shape index (κ1) is 15.8. The minimum Gasteiger partial charge on any atom is -0.456 e. The minimum absolute atomic E-state index is 0.0135. The molecule has 2 aromatic carbocycles. The van der Waals surface area contributed by atoms with E-state index in [2.05, 4.69) is 9.97 Å². The van der Waals surface area contributed by atoms with Gasteiger partial charge in [-0.3, -0.25) is 0 Å². The van der Waals surface area contributed by atoms with Gasteiger partial charge >= 0.3 is 11.6 Å². The van der Waals surface area contributed by atoms with Crippen LogP contribution in [0, 0.1) is 0 Å². The summed E-state index contributed by atoms with van der Waals surface area (Å²) < 4.78 is 10.6. The molecule has 2 aromatic heterocycles. The minimum atomic E-state index is -0.711. The summed E-state index contributed by atoms with van der Waals surface area (Å²) in [5, 5.41) is 2.61. The summed E-state index contributed by atoms with van der Waals surface area (Å²) in [6.07, 6.45) is 2.74. The molecule has 0 aliphatic rings. The van der Waals surface area contributed by atoms with Crippen LogP contribution < -0.4 is 11.4 Å². The molecule has 0 spiro atoms. The summed E-state index contributed by atoms with van der Waals surface area (Å²) in [6.45, 7) is -0.120. The lowest BCUT2D eigenvalue weighted by Gasteiger charge is -2.09. The van der Waals surface area contributed by atoms with Crippen molar-refractivity contribution in [3.63, 3.8) is 0 Å². The van der Waals surface area contributed by atoms with E-state index >= 15 is 0 Å². The fourth-order valence-electron chi connectivity index (χ4n) is 2.85. The van der Waals surface area contributed by atoms with Crippen molar-refractivity contribution < 1.29 is 13.9 Å². The molecule has 0 fully saturated rings. The van der Waals surface area contributed by atoms with Crippen molar-refractivity contribution >= 4 is 33.5 Å². The van der Waals surface area contributed by atoms with E-state index < -0.39 is 11.6 Å². The van der Waals surface area contributed by atoms with Gasteiger partial charge in [0, 0.05) is 29.4 Å². The summed E-state index contributed by atoms with van der Waals surface area (Å²) in [5.41, 5.74) is 6.04. The number of carbonyl (C=O) groups is 1. The average molecular weight is 347 g/mol. The van der Waals surface area contributed by atoms with E-state index in [0.717, 1.165) is 16.2 Å². The Morgan fingerprint density at radius 3 is 2.77 bits per heavy atom. The molecule has 26 heavy (non-hydrogen) atoms. The molecule has 0 atom stereocenters. The van der Waals surface area contributed by atoms with Gasteiger partial charge in [0.15, 0.2) is 11.5 Å². The number of hydrogen-bond acceptors (Lipinski definition) is 7. The van der Waals surface area contributed by atoms with Crippen LogP contribution in [0.3, 0.4) is 0 Å². The zero-order valence-electron chi connectivity index (χ0n) is 13.5. The summed E-state index contributed by atoms with van der Waals surface area (Å²) in [6, 6.07) is 12.6. The van der Waals surface area contributed by atoms with Gasteiger partial charge in [-0.1, -0.05) is 30.3 Å². The fourth-order valence-corrected chi connectivity index (χ4v) is 2.85. The van der Waals surface area contributed by atoms with Gasteiger partial charge in [0.05, 0.1) is 0 Å². The van der Waals surface area contributed by atoms with Crippen molar-refractivity contribution in [2.75, 3.05) is 5.73 Å². The van der Waals surface area contributed by atoms with Gasteiger partial charge in [0.25, 0.3) is 0 Å². The van der Waals surface area contributed by atoms with Gasteiger partial charge in [-0.2, -0.15) is 0 Å². The molecule has 2 heterocycles. The van der Waals surface area contributed by atoms with Crippen LogP contribution >= 0.6 is 0 Å². The van der Waals surface area contributed by atoms with Crippen LogP contribution in [0.5, 0.6) is 0 Å². The average Bonchev–Trinajstić information content (AvgIpc) is 2.65. The normalized spacial score (nSPS) is 10.9. The Morgan fingerprint density at radius 1 is 1.12 bits per heavy atom. The summed E-state index contributed by atoms with van der Waals surface area (Å²) >= 11 is 0. The van der Waals surface area contributed by atoms with E-state index in [4.69, 9.17) is 14.9 Å². The SMILES string of the molecule is Nc1nccnc1C(=O)OCc1cc(=O)oc2ccc3ccccc3c12. The largest absolute Gasteiger partial charge is 0.456 e. The zero-order chi connectivity index (χ0) is 18.1. The van der Waals surface area contributed by atoms with Crippen molar-refractivity contribution in [3.05, 3.63) is 76.5 Å². The quantitative estimate of drug-likeness (QED) is 0.345. The maximum absolute atomic E-state index is 12.2. The Hall–Kier alpha value is -3.74. The number of hydrogen-bond donors (Lipinski definition) is 1. The van der Waals surface area contributed by atoms with E-state index in [-0.39, 0.29) is 18.1 Å². The van der Waals surface area contributed by atoms with Crippen LogP contribution in [-0.4, -0.2) is 15.9 Å². The van der Waals surface area contributed by atoms with Crippen molar-refractivity contribution in [2.45, 2.75) is 6.61 Å². The molecule has 7 nitrogen and oxygen atoms in total. The van der Waals surface area contributed by atoms with Gasteiger partial charge in [-0.05, 0) is 16.8 Å². The Labute approximate surface area is 147 Å². The molecule has 128 valence electrons. The van der Waals surface area contributed by atoms with Crippen LogP contribution in [0.25, 0.3) is 21.7 Å². The second kappa shape index (κ2) is 6.29. The smallest absolute Gasteiger partial charge is 0.361 e. The number of esters is 1. The molecule has 7 heteroatoms. The lowest BCUT2D eigenvalue weighted by atomic mass is 10.0. The molecule has 0 aliphatic carbocycles. The Kier molecular flexibility index (Phi) is 3.81. The highest BCUT2D eigenvalue weighted by Gasteiger charge is 2.16. The first-order valence-electron chi connectivity index (χ1n) is 7.81. The van der Waals surface area contributed by atoms with Crippen LogP contribution in [0.2, 0.25) is 0 Å². The van der Waals surface area contributed by atoms with E-state index in [1.54, 1.807) is 6.07 Å². The maximum Gasteiger partial charge on any atom is 0.361 e. The van der Waals surface area contributed by atoms with E-state index in [1.807, 2.05) is 30.3 Å². The monoisotopic (exact) mass is 347 g/mol. The van der Waals surface area contributed by atoms with Gasteiger partial charge < -0.3 is 14.9 Å². The van der Waals surface area contributed by atoms with Gasteiger partial charge in [0.1, 0.15) is 12.2 Å². The van der Waals surface area contributed by atoms with Crippen molar-refractivity contribution in [3.8, 4) is 0 Å². The van der Waals surface area contributed by atoms with Crippen LogP contribution in [0.1, 0.15) is 16.1 Å². The zero-order valence-corrected chi connectivity index (χ0v) is 13.5. The number of ether oxygens (including phenoxy) is 1. The summed E-state index contributed by atoms with van der Waals surface area (Å²) in [5.74, 6) is -0.724. The van der Waals surface area contributed by atoms with E-state index in [1.165, 1.54) is 18.5 Å². The Balaban J connectivity index is 1.76. The second-order valence-electron chi connectivity index (χ2n) is 5.62. The molecule has 0 bridgehead atoms. The van der Waals surface area contributed by atoms with Gasteiger partial charge in [-0.25, -0.2) is 19.6 Å². The number of carbonyl (C=O) groups excluding carboxylic acids is 1.